The molecule has 0 amide bonds. The second-order valence-electron chi connectivity index (χ2n) is 17.9. The van der Waals surface area contributed by atoms with Crippen molar-refractivity contribution in [3.05, 3.63) is 151 Å². The van der Waals surface area contributed by atoms with Gasteiger partial charge in [0.25, 0.3) is 0 Å². The molecular formula is C50H34BiCl4NO4. The van der Waals surface area contributed by atoms with Gasteiger partial charge in [0.05, 0.1) is 0 Å². The van der Waals surface area contributed by atoms with Gasteiger partial charge in [0.15, 0.2) is 0 Å². The van der Waals surface area contributed by atoms with E-state index in [4.69, 9.17) is 61.5 Å². The molecule has 0 N–H and O–H groups in total. The number of aryl methyl sites for hydroxylation is 2. The van der Waals surface area contributed by atoms with Gasteiger partial charge in [-0.15, -0.1) is 0 Å². The summed E-state index contributed by atoms with van der Waals surface area (Å²) in [5.74, 6) is 3.23. The molecule has 0 unspecified atom stereocenters. The van der Waals surface area contributed by atoms with Crippen LogP contribution in [0.1, 0.15) is 61.1 Å². The zero-order chi connectivity index (χ0) is 41.2. The molecule has 10 heteroatoms. The second kappa shape index (κ2) is 11.1. The van der Waals surface area contributed by atoms with Crippen LogP contribution in [0.5, 0.6) is 34.5 Å². The molecule has 7 aromatic rings. The number of anilines is 3. The Morgan fingerprint density at radius 2 is 0.933 bits per heavy atom. The molecule has 0 fully saturated rings. The first kappa shape index (κ1) is 36.3. The van der Waals surface area contributed by atoms with E-state index in [9.17, 15) is 0 Å². The molecule has 7 aromatic carbocycles. The van der Waals surface area contributed by atoms with Gasteiger partial charge in [-0.05, 0) is 0 Å². The van der Waals surface area contributed by atoms with E-state index in [0.29, 0.717) is 11.5 Å². The summed E-state index contributed by atoms with van der Waals surface area (Å²) in [7, 11) is 0. The molecule has 1 spiro atoms. The first-order valence-electron chi connectivity index (χ1n) is 20.0. The average Bonchev–Trinajstić information content (AvgIpc) is 3.78. The van der Waals surface area contributed by atoms with Crippen molar-refractivity contribution in [3.63, 3.8) is 0 Å². The zero-order valence-corrected chi connectivity index (χ0v) is 39.8. The van der Waals surface area contributed by atoms with E-state index >= 15 is 0 Å². The Morgan fingerprint density at radius 1 is 0.483 bits per heavy atom. The van der Waals surface area contributed by atoms with Crippen LogP contribution in [-0.4, -0.2) is 19.7 Å². The molecular weight excluding hydrogens is 1030 g/mol. The second-order valence-corrected chi connectivity index (χ2v) is 33.5. The Kier molecular flexibility index (Phi) is 6.73. The summed E-state index contributed by atoms with van der Waals surface area (Å²) in [6.45, 7) is 13.3. The molecule has 0 radical (unpaired) electrons. The van der Waals surface area contributed by atoms with E-state index < -0.39 is 30.5 Å². The number of nitrogens with zero attached hydrogens (tertiary/aromatic N) is 1. The Hall–Kier alpha value is -4.42. The maximum absolute atomic E-state index is 8.05. The van der Waals surface area contributed by atoms with Crippen LogP contribution >= 0.6 is 46.4 Å². The minimum atomic E-state index is -6.52. The summed E-state index contributed by atoms with van der Waals surface area (Å²) in [5, 5.41) is 0.487. The van der Waals surface area contributed by atoms with Gasteiger partial charge in [-0.2, -0.15) is 0 Å². The molecule has 296 valence electrons. The number of hydrogen-bond acceptors (Lipinski definition) is 5. The van der Waals surface area contributed by atoms with Crippen molar-refractivity contribution in [3.8, 4) is 56.8 Å². The molecule has 0 saturated carbocycles. The first-order valence-corrected chi connectivity index (χ1v) is 29.5. The van der Waals surface area contributed by atoms with Crippen molar-refractivity contribution < 1.29 is 15.1 Å². The topological polar surface area (TPSA) is 40.2 Å². The predicted molar refractivity (Wildman–Crippen MR) is 245 cm³/mol. The normalized spacial score (nSPS) is 18.6. The van der Waals surface area contributed by atoms with Gasteiger partial charge in [-0.1, -0.05) is 0 Å². The number of halogens is 4. The third-order valence-electron chi connectivity index (χ3n) is 13.8. The van der Waals surface area contributed by atoms with Crippen molar-refractivity contribution in [2.75, 3.05) is 4.90 Å². The molecule has 6 aliphatic rings. The van der Waals surface area contributed by atoms with Gasteiger partial charge < -0.3 is 0 Å². The Balaban J connectivity index is 1.31. The summed E-state index contributed by atoms with van der Waals surface area (Å²) in [5.41, 5.74) is 13.0. The quantitative estimate of drug-likeness (QED) is 0.0931. The van der Waals surface area contributed by atoms with Crippen LogP contribution in [-0.2, 0) is 10.8 Å². The van der Waals surface area contributed by atoms with E-state index in [1.54, 1.807) is 0 Å². The van der Waals surface area contributed by atoms with Crippen molar-refractivity contribution >= 4 is 92.9 Å². The van der Waals surface area contributed by atoms with E-state index in [1.807, 2.05) is 0 Å². The number of fused-ring (bicyclic) bond motifs is 9. The van der Waals surface area contributed by atoms with Crippen LogP contribution < -0.4 is 29.8 Å². The predicted octanol–water partition coefficient (Wildman–Crippen LogP) is 13.4. The first-order chi connectivity index (χ1) is 28.7. The van der Waals surface area contributed by atoms with Crippen molar-refractivity contribution in [2.24, 2.45) is 0 Å². The molecule has 0 aromatic heterocycles. The fourth-order valence-corrected chi connectivity index (χ4v) is 34.2. The Morgan fingerprint density at radius 3 is 1.40 bits per heavy atom. The zero-order valence-electron chi connectivity index (χ0n) is 33.3. The van der Waals surface area contributed by atoms with Crippen LogP contribution in [0.3, 0.4) is 0 Å². The molecule has 0 bridgehead atoms. The average molecular weight is 1060 g/mol. The number of rotatable bonds is 1. The van der Waals surface area contributed by atoms with Gasteiger partial charge in [-0.25, -0.2) is 0 Å². The van der Waals surface area contributed by atoms with Crippen LogP contribution in [0.4, 0.5) is 17.1 Å². The molecule has 0 atom stereocenters. The molecule has 2 aliphatic carbocycles. The summed E-state index contributed by atoms with van der Waals surface area (Å²) < 4.78 is 33.6. The molecule has 13 rings (SSSR count). The molecule has 60 heavy (non-hydrogen) atoms. The van der Waals surface area contributed by atoms with Gasteiger partial charge in [0.2, 0.25) is 0 Å². The third kappa shape index (κ3) is 3.87. The summed E-state index contributed by atoms with van der Waals surface area (Å²) in [6, 6.07) is 34.8. The number of ether oxygens (including phenoxy) is 2. The summed E-state index contributed by atoms with van der Waals surface area (Å²) in [6.07, 6.45) is 0. The summed E-state index contributed by atoms with van der Waals surface area (Å²) in [4.78, 5) is 2.36. The number of benzene rings is 7. The Labute approximate surface area is 369 Å². The molecule has 4 aliphatic heterocycles. The van der Waals surface area contributed by atoms with Gasteiger partial charge >= 0.3 is 373 Å². The number of hydrogen-bond donors (Lipinski definition) is 0. The maximum atomic E-state index is 8.05. The van der Waals surface area contributed by atoms with Crippen LogP contribution in [0.2, 0.25) is 20.1 Å². The van der Waals surface area contributed by atoms with E-state index in [-0.39, 0.29) is 31.6 Å². The fourth-order valence-electron chi connectivity index (χ4n) is 11.4. The standard InChI is InChI=1S/C44H34NO2.C6H2Cl4O2.Bi/c1-26-15-17-28(18-16-26)45-29-21-35-33-11-7-9-13-37(33)43(3,4)41(35)39(23-29)46-31-19-27(2)20-32(25-31)47-40-24-30(45)22-36-34-12-8-10-14-38(34)44(5,6)42(36)40;7-1-2(8)4(10)6(12)5(11)3(1)9;/h7-22H,1-6H3;11-12H;/q;;+2/p-2. The molecule has 0 saturated heterocycles. The fraction of sp³-hybridized carbons (Fsp3) is 0.160. The van der Waals surface area contributed by atoms with E-state index in [0.717, 1.165) is 82.9 Å². The van der Waals surface area contributed by atoms with E-state index in [2.05, 4.69) is 144 Å². The molecule has 5 nitrogen and oxygen atoms in total. The summed E-state index contributed by atoms with van der Waals surface area (Å²) >= 11 is 21.9. The third-order valence-corrected chi connectivity index (χ3v) is 34.3. The van der Waals surface area contributed by atoms with Gasteiger partial charge in [-0.3, -0.25) is 0 Å². The van der Waals surface area contributed by atoms with E-state index in [1.165, 1.54) is 11.1 Å². The Bertz CT molecular complexity index is 3080. The van der Waals surface area contributed by atoms with Crippen molar-refractivity contribution in [2.45, 2.75) is 52.4 Å². The van der Waals surface area contributed by atoms with Crippen LogP contribution in [0, 0.1) is 13.8 Å². The molecule has 4 heterocycles. The van der Waals surface area contributed by atoms with Crippen LogP contribution in [0.25, 0.3) is 22.3 Å². The SMILES string of the molecule is Cc1ccc(N2c3cc4c(c5[c]3[Bi]36([O]c7c(Cl)c(Cl)c(Cl)c(Cl)c7[O]3)[c]3c(cc(C)cc3Oc3c7c(cc2[c]36)-c2ccccc2C7(C)C)O5)C(C)(C)c2ccccc2-4)cc1. The monoisotopic (exact) mass is 1060 g/mol. The van der Waals surface area contributed by atoms with Gasteiger partial charge in [0.1, 0.15) is 0 Å². The van der Waals surface area contributed by atoms with Gasteiger partial charge in [0, 0.05) is 0 Å². The van der Waals surface area contributed by atoms with Crippen molar-refractivity contribution in [1.82, 2.24) is 0 Å². The van der Waals surface area contributed by atoms with Crippen LogP contribution in [0.15, 0.2) is 97.1 Å². The minimum absolute atomic E-state index is 0.102. The van der Waals surface area contributed by atoms with Crippen molar-refractivity contribution in [1.29, 1.82) is 0 Å².